The second-order valence-corrected chi connectivity index (χ2v) is 11.3. The van der Waals surface area contributed by atoms with Crippen LogP contribution in [0.15, 0.2) is 59.0 Å². The molecule has 2 heterocycles. The summed E-state index contributed by atoms with van der Waals surface area (Å²) in [5.74, 6) is 0.717. The van der Waals surface area contributed by atoms with Gasteiger partial charge in [0.1, 0.15) is 6.61 Å². The molecule has 0 spiro atoms. The van der Waals surface area contributed by atoms with Crippen LogP contribution in [0.1, 0.15) is 45.2 Å². The Morgan fingerprint density at radius 3 is 2.66 bits per heavy atom. The maximum Gasteiger partial charge on any atom is 0.264 e. The molecule has 0 radical (unpaired) electrons. The minimum Gasteiger partial charge on any atom is -0.475 e. The zero-order chi connectivity index (χ0) is 25.2. The number of sulfonamides is 1. The predicted molar refractivity (Wildman–Crippen MR) is 141 cm³/mol. The number of allylic oxidation sites excluding steroid dienone is 1. The maximum absolute atomic E-state index is 13.2. The molecular weight excluding hydrogens is 460 g/mol. The SMILES string of the molecule is CC(C)=Cc1cccc(C)c1-c1cc2nc(n1)NS(=O)(=O)c1cccc(c1)N[C@H](CC(C)C)CO2. The second kappa shape index (κ2) is 10.1. The number of hydrogen-bond donors (Lipinski definition) is 2. The van der Waals surface area contributed by atoms with Crippen LogP contribution in [0.2, 0.25) is 0 Å². The van der Waals surface area contributed by atoms with Crippen LogP contribution in [-0.4, -0.2) is 31.0 Å². The van der Waals surface area contributed by atoms with Crippen molar-refractivity contribution in [2.45, 2.75) is 52.0 Å². The highest BCUT2D eigenvalue weighted by molar-refractivity contribution is 7.92. The molecule has 0 saturated carbocycles. The lowest BCUT2D eigenvalue weighted by Gasteiger charge is -2.23. The van der Waals surface area contributed by atoms with Crippen molar-refractivity contribution in [3.8, 4) is 17.1 Å². The maximum atomic E-state index is 13.2. The van der Waals surface area contributed by atoms with E-state index < -0.39 is 10.0 Å². The molecule has 0 saturated heterocycles. The standard InChI is InChI=1S/C27H32N4O3S/c1-17(2)12-20-9-6-8-19(5)26(20)24-15-25-30-27(29-24)31-35(32,33)23-11-7-10-21(14-23)28-22(16-34-25)13-18(3)4/h6-12,14-15,18,22,28H,13,16H2,1-5H3,(H,29,30,31)/t22-/m1/s1. The third kappa shape index (κ3) is 6.00. The van der Waals surface area contributed by atoms with Crippen molar-refractivity contribution in [3.63, 3.8) is 0 Å². The molecule has 35 heavy (non-hydrogen) atoms. The molecule has 184 valence electrons. The number of rotatable bonds is 4. The Morgan fingerprint density at radius 2 is 1.91 bits per heavy atom. The lowest BCUT2D eigenvalue weighted by Crippen LogP contribution is -2.29. The molecule has 4 rings (SSSR count). The quantitative estimate of drug-likeness (QED) is 0.471. The number of hydrogen-bond acceptors (Lipinski definition) is 6. The number of aromatic nitrogens is 2. The molecule has 7 nitrogen and oxygen atoms in total. The molecule has 1 aliphatic rings. The molecule has 1 aromatic heterocycles. The summed E-state index contributed by atoms with van der Waals surface area (Å²) in [6.45, 7) is 10.7. The van der Waals surface area contributed by atoms with Gasteiger partial charge < -0.3 is 10.1 Å². The molecule has 2 aromatic carbocycles. The smallest absolute Gasteiger partial charge is 0.264 e. The van der Waals surface area contributed by atoms with Gasteiger partial charge in [0.25, 0.3) is 10.0 Å². The fourth-order valence-corrected chi connectivity index (χ4v) is 5.23. The Morgan fingerprint density at radius 1 is 1.14 bits per heavy atom. The fraction of sp³-hybridized carbons (Fsp3) is 0.333. The number of nitrogens with one attached hydrogen (secondary N) is 2. The first-order chi connectivity index (χ1) is 16.6. The Labute approximate surface area is 207 Å². The Bertz CT molecular complexity index is 1360. The molecular formula is C27H32N4O3S. The summed E-state index contributed by atoms with van der Waals surface area (Å²) in [4.78, 5) is 9.14. The number of ether oxygens (including phenoxy) is 1. The third-order valence-corrected chi connectivity index (χ3v) is 6.96. The molecule has 0 amide bonds. The minimum atomic E-state index is -3.91. The zero-order valence-electron chi connectivity index (χ0n) is 20.8. The van der Waals surface area contributed by atoms with Crippen molar-refractivity contribution in [1.82, 2.24) is 9.97 Å². The molecule has 0 fully saturated rings. The van der Waals surface area contributed by atoms with E-state index in [9.17, 15) is 8.42 Å². The van der Waals surface area contributed by atoms with Gasteiger partial charge in [-0.3, -0.25) is 0 Å². The van der Waals surface area contributed by atoms with Crippen LogP contribution in [0.5, 0.6) is 5.88 Å². The van der Waals surface area contributed by atoms with Gasteiger partial charge in [0, 0.05) is 17.3 Å². The zero-order valence-corrected chi connectivity index (χ0v) is 21.6. The van der Waals surface area contributed by atoms with Gasteiger partial charge in [0.2, 0.25) is 11.8 Å². The normalized spacial score (nSPS) is 16.7. The van der Waals surface area contributed by atoms with Crippen LogP contribution < -0.4 is 14.8 Å². The second-order valence-electron chi connectivity index (χ2n) is 9.59. The molecule has 1 atom stereocenters. The summed E-state index contributed by atoms with van der Waals surface area (Å²) in [5.41, 5.74) is 5.39. The first kappa shape index (κ1) is 24.7. The first-order valence-electron chi connectivity index (χ1n) is 11.8. The summed E-state index contributed by atoms with van der Waals surface area (Å²) in [6, 6.07) is 14.5. The van der Waals surface area contributed by atoms with Gasteiger partial charge in [-0.25, -0.2) is 18.1 Å². The molecule has 8 heteroatoms. The summed E-state index contributed by atoms with van der Waals surface area (Å²) in [7, 11) is -3.91. The van der Waals surface area contributed by atoms with E-state index in [0.717, 1.165) is 34.4 Å². The highest BCUT2D eigenvalue weighted by Crippen LogP contribution is 2.31. The Hall–Kier alpha value is -3.39. The Kier molecular flexibility index (Phi) is 7.12. The van der Waals surface area contributed by atoms with E-state index in [0.29, 0.717) is 24.1 Å². The first-order valence-corrected chi connectivity index (χ1v) is 13.3. The summed E-state index contributed by atoms with van der Waals surface area (Å²) in [5, 5.41) is 3.43. The van der Waals surface area contributed by atoms with Gasteiger partial charge in [-0.05, 0) is 62.4 Å². The average Bonchev–Trinajstić information content (AvgIpc) is 2.76. The van der Waals surface area contributed by atoms with Crippen molar-refractivity contribution in [1.29, 1.82) is 0 Å². The monoisotopic (exact) mass is 492 g/mol. The van der Waals surface area contributed by atoms with Crippen molar-refractivity contribution in [3.05, 3.63) is 65.2 Å². The van der Waals surface area contributed by atoms with E-state index in [-0.39, 0.29) is 16.9 Å². The highest BCUT2D eigenvalue weighted by Gasteiger charge is 2.22. The lowest BCUT2D eigenvalue weighted by molar-refractivity contribution is 0.271. The van der Waals surface area contributed by atoms with Gasteiger partial charge in [-0.15, -0.1) is 0 Å². The number of nitrogens with zero attached hydrogens (tertiary/aromatic N) is 2. The van der Waals surface area contributed by atoms with Crippen molar-refractivity contribution in [2.75, 3.05) is 16.6 Å². The number of anilines is 2. The van der Waals surface area contributed by atoms with E-state index in [1.54, 1.807) is 24.3 Å². The van der Waals surface area contributed by atoms with E-state index in [2.05, 4.69) is 39.9 Å². The molecule has 4 bridgehead atoms. The molecule has 2 N–H and O–H groups in total. The largest absolute Gasteiger partial charge is 0.475 e. The van der Waals surface area contributed by atoms with Gasteiger partial charge in [0.05, 0.1) is 16.6 Å². The van der Waals surface area contributed by atoms with Crippen LogP contribution in [-0.2, 0) is 10.0 Å². The van der Waals surface area contributed by atoms with Gasteiger partial charge in [0.15, 0.2) is 0 Å². The number of aryl methyl sites for hydroxylation is 1. The average molecular weight is 493 g/mol. The molecule has 0 unspecified atom stereocenters. The number of fused-ring (bicyclic) bond motifs is 4. The van der Waals surface area contributed by atoms with Crippen LogP contribution in [0.25, 0.3) is 17.3 Å². The van der Waals surface area contributed by atoms with Crippen LogP contribution in [0.4, 0.5) is 11.6 Å². The molecule has 0 aliphatic carbocycles. The third-order valence-electron chi connectivity index (χ3n) is 5.64. The van der Waals surface area contributed by atoms with Gasteiger partial charge in [-0.1, -0.05) is 49.8 Å². The minimum absolute atomic E-state index is 0.0248. The predicted octanol–water partition coefficient (Wildman–Crippen LogP) is 5.90. The summed E-state index contributed by atoms with van der Waals surface area (Å²) in [6.07, 6.45) is 2.93. The van der Waals surface area contributed by atoms with Crippen molar-refractivity contribution < 1.29 is 13.2 Å². The van der Waals surface area contributed by atoms with E-state index in [4.69, 9.17) is 4.74 Å². The Balaban J connectivity index is 1.87. The van der Waals surface area contributed by atoms with Crippen molar-refractivity contribution in [2.24, 2.45) is 5.92 Å². The van der Waals surface area contributed by atoms with E-state index in [1.807, 2.05) is 45.0 Å². The number of benzene rings is 2. The highest BCUT2D eigenvalue weighted by atomic mass is 32.2. The molecule has 1 aliphatic heterocycles. The summed E-state index contributed by atoms with van der Waals surface area (Å²) < 4.78 is 35.1. The fourth-order valence-electron chi connectivity index (χ4n) is 4.24. The lowest BCUT2D eigenvalue weighted by atomic mass is 9.97. The molecule has 3 aromatic rings. The van der Waals surface area contributed by atoms with Crippen LogP contribution in [0, 0.1) is 12.8 Å². The van der Waals surface area contributed by atoms with E-state index >= 15 is 0 Å². The van der Waals surface area contributed by atoms with Crippen LogP contribution >= 0.6 is 0 Å². The topological polar surface area (TPSA) is 93.2 Å². The summed E-state index contributed by atoms with van der Waals surface area (Å²) >= 11 is 0. The van der Waals surface area contributed by atoms with Crippen molar-refractivity contribution >= 4 is 27.7 Å². The van der Waals surface area contributed by atoms with E-state index in [1.165, 1.54) is 0 Å². The van der Waals surface area contributed by atoms with Gasteiger partial charge in [-0.2, -0.15) is 4.98 Å². The van der Waals surface area contributed by atoms with Crippen LogP contribution in [0.3, 0.4) is 0 Å². The van der Waals surface area contributed by atoms with Gasteiger partial charge >= 0.3 is 0 Å².